The van der Waals surface area contributed by atoms with E-state index in [2.05, 4.69) is 9.97 Å². The van der Waals surface area contributed by atoms with Crippen molar-refractivity contribution in [3.8, 4) is 5.75 Å². The van der Waals surface area contributed by atoms with Crippen molar-refractivity contribution in [1.82, 2.24) is 14.9 Å². The highest BCUT2D eigenvalue weighted by molar-refractivity contribution is 5.22. The van der Waals surface area contributed by atoms with E-state index in [4.69, 9.17) is 9.47 Å². The standard InChI is InChI=1S/C17H20FN3O3/c18-14-2-1-3-16(8-14)24-13-17(22)11-21(6-7-23-12-17)10-15-9-19-4-5-20-15/h1-5,8-9,22H,6-7,10-13H2/t17-/m1/s1. The highest BCUT2D eigenvalue weighted by Gasteiger charge is 2.33. The van der Waals surface area contributed by atoms with Crippen LogP contribution in [0.2, 0.25) is 0 Å². The molecule has 0 bridgehead atoms. The number of β-amino-alcohol motifs (C(OH)–C–C–N with tert-alkyl or cyclic N) is 1. The van der Waals surface area contributed by atoms with Crippen LogP contribution in [0.25, 0.3) is 0 Å². The maximum absolute atomic E-state index is 13.2. The maximum atomic E-state index is 13.2. The summed E-state index contributed by atoms with van der Waals surface area (Å²) in [5.74, 6) is 0.00836. The van der Waals surface area contributed by atoms with E-state index >= 15 is 0 Å². The van der Waals surface area contributed by atoms with Crippen LogP contribution >= 0.6 is 0 Å². The molecule has 1 aromatic carbocycles. The molecule has 7 heteroatoms. The third kappa shape index (κ3) is 4.70. The number of rotatable bonds is 5. The second kappa shape index (κ2) is 7.65. The van der Waals surface area contributed by atoms with Gasteiger partial charge in [-0.1, -0.05) is 6.07 Å². The molecular weight excluding hydrogens is 313 g/mol. The van der Waals surface area contributed by atoms with Crippen molar-refractivity contribution in [3.05, 3.63) is 54.4 Å². The Balaban J connectivity index is 1.62. The smallest absolute Gasteiger partial charge is 0.134 e. The number of ether oxygens (including phenoxy) is 2. The van der Waals surface area contributed by atoms with Crippen molar-refractivity contribution in [2.75, 3.05) is 32.9 Å². The Morgan fingerprint density at radius 3 is 3.08 bits per heavy atom. The molecule has 3 rings (SSSR count). The molecule has 0 aliphatic carbocycles. The van der Waals surface area contributed by atoms with Crippen LogP contribution in [-0.2, 0) is 11.3 Å². The van der Waals surface area contributed by atoms with Crippen LogP contribution in [0, 0.1) is 5.82 Å². The lowest BCUT2D eigenvalue weighted by molar-refractivity contribution is -0.0647. The zero-order valence-corrected chi connectivity index (χ0v) is 13.3. The second-order valence-corrected chi connectivity index (χ2v) is 5.93. The lowest BCUT2D eigenvalue weighted by Crippen LogP contribution is -2.48. The van der Waals surface area contributed by atoms with Crippen molar-refractivity contribution in [1.29, 1.82) is 0 Å². The Morgan fingerprint density at radius 2 is 2.29 bits per heavy atom. The van der Waals surface area contributed by atoms with Gasteiger partial charge >= 0.3 is 0 Å². The fraction of sp³-hybridized carbons (Fsp3) is 0.412. The fourth-order valence-electron chi connectivity index (χ4n) is 2.63. The number of hydrogen-bond donors (Lipinski definition) is 1. The Kier molecular flexibility index (Phi) is 5.34. The van der Waals surface area contributed by atoms with E-state index in [0.717, 1.165) is 5.69 Å². The highest BCUT2D eigenvalue weighted by Crippen LogP contribution is 2.18. The van der Waals surface area contributed by atoms with Gasteiger partial charge in [-0.2, -0.15) is 0 Å². The fourth-order valence-corrected chi connectivity index (χ4v) is 2.63. The van der Waals surface area contributed by atoms with Crippen molar-refractivity contribution >= 4 is 0 Å². The summed E-state index contributed by atoms with van der Waals surface area (Å²) in [6.07, 6.45) is 4.97. The summed E-state index contributed by atoms with van der Waals surface area (Å²) in [7, 11) is 0. The van der Waals surface area contributed by atoms with Crippen LogP contribution in [0.5, 0.6) is 5.75 Å². The van der Waals surface area contributed by atoms with E-state index in [1.54, 1.807) is 30.7 Å². The molecule has 6 nitrogen and oxygen atoms in total. The Hall–Kier alpha value is -2.09. The number of aromatic nitrogens is 2. The first-order chi connectivity index (χ1) is 11.6. The first kappa shape index (κ1) is 16.8. The van der Waals surface area contributed by atoms with E-state index in [1.165, 1.54) is 12.1 Å². The van der Waals surface area contributed by atoms with Gasteiger partial charge in [0.25, 0.3) is 0 Å². The summed E-state index contributed by atoms with van der Waals surface area (Å²) in [5.41, 5.74) is -0.349. The minimum absolute atomic E-state index is 0.0213. The van der Waals surface area contributed by atoms with E-state index in [9.17, 15) is 9.50 Å². The predicted octanol–water partition coefficient (Wildman–Crippen LogP) is 1.26. The van der Waals surface area contributed by atoms with Crippen molar-refractivity contribution < 1.29 is 19.0 Å². The largest absolute Gasteiger partial charge is 0.490 e. The van der Waals surface area contributed by atoms with Crippen molar-refractivity contribution in [3.63, 3.8) is 0 Å². The lowest BCUT2D eigenvalue weighted by Gasteiger charge is -2.30. The summed E-state index contributed by atoms with van der Waals surface area (Å²) < 4.78 is 24.3. The quantitative estimate of drug-likeness (QED) is 0.888. The van der Waals surface area contributed by atoms with Gasteiger partial charge in [-0.25, -0.2) is 4.39 Å². The summed E-state index contributed by atoms with van der Waals surface area (Å²) in [5, 5.41) is 10.8. The van der Waals surface area contributed by atoms with Gasteiger partial charge in [0.05, 0.1) is 18.9 Å². The predicted molar refractivity (Wildman–Crippen MR) is 85.0 cm³/mol. The molecule has 2 heterocycles. The van der Waals surface area contributed by atoms with E-state index in [0.29, 0.717) is 32.0 Å². The summed E-state index contributed by atoms with van der Waals surface area (Å²) >= 11 is 0. The first-order valence-electron chi connectivity index (χ1n) is 7.79. The average Bonchev–Trinajstić information content (AvgIpc) is 2.76. The molecular formula is C17H20FN3O3. The Labute approximate surface area is 139 Å². The molecule has 0 amide bonds. The molecule has 2 aromatic rings. The Morgan fingerprint density at radius 1 is 1.38 bits per heavy atom. The van der Waals surface area contributed by atoms with Crippen molar-refractivity contribution in [2.24, 2.45) is 0 Å². The summed E-state index contributed by atoms with van der Waals surface area (Å²) in [4.78, 5) is 10.4. The molecule has 0 saturated carbocycles. The van der Waals surface area contributed by atoms with Gasteiger partial charge in [-0.15, -0.1) is 0 Å². The normalized spacial score (nSPS) is 22.1. The highest BCUT2D eigenvalue weighted by atomic mass is 19.1. The van der Waals surface area contributed by atoms with Crippen LogP contribution < -0.4 is 4.74 Å². The zero-order chi connectivity index (χ0) is 16.8. The summed E-state index contributed by atoms with van der Waals surface area (Å²) in [6, 6.07) is 5.86. The van der Waals surface area contributed by atoms with E-state index in [-0.39, 0.29) is 19.0 Å². The molecule has 24 heavy (non-hydrogen) atoms. The van der Waals surface area contributed by atoms with Gasteiger partial charge in [0, 0.05) is 44.3 Å². The van der Waals surface area contributed by atoms with Crippen LogP contribution in [0.1, 0.15) is 5.69 Å². The second-order valence-electron chi connectivity index (χ2n) is 5.93. The molecule has 0 unspecified atom stereocenters. The van der Waals surface area contributed by atoms with Crippen LogP contribution in [0.4, 0.5) is 4.39 Å². The van der Waals surface area contributed by atoms with Crippen LogP contribution in [-0.4, -0.2) is 58.5 Å². The first-order valence-corrected chi connectivity index (χ1v) is 7.79. The average molecular weight is 333 g/mol. The molecule has 1 N–H and O–H groups in total. The number of halogens is 1. The molecule has 128 valence electrons. The van der Waals surface area contributed by atoms with Gasteiger partial charge in [0.2, 0.25) is 0 Å². The monoisotopic (exact) mass is 333 g/mol. The molecule has 1 saturated heterocycles. The van der Waals surface area contributed by atoms with Gasteiger partial charge in [-0.3, -0.25) is 14.9 Å². The molecule has 1 aliphatic rings. The lowest BCUT2D eigenvalue weighted by atomic mass is 10.1. The van der Waals surface area contributed by atoms with Crippen LogP contribution in [0.15, 0.2) is 42.9 Å². The molecule has 1 aromatic heterocycles. The topological polar surface area (TPSA) is 67.7 Å². The number of benzene rings is 1. The van der Waals surface area contributed by atoms with E-state index in [1.807, 2.05) is 4.90 Å². The molecule has 0 spiro atoms. The van der Waals surface area contributed by atoms with Gasteiger partial charge in [-0.05, 0) is 12.1 Å². The van der Waals surface area contributed by atoms with Gasteiger partial charge in [0.15, 0.2) is 0 Å². The van der Waals surface area contributed by atoms with Gasteiger partial charge in [0.1, 0.15) is 23.8 Å². The maximum Gasteiger partial charge on any atom is 0.134 e. The number of hydrogen-bond acceptors (Lipinski definition) is 6. The van der Waals surface area contributed by atoms with Crippen LogP contribution in [0.3, 0.4) is 0 Å². The third-order valence-electron chi connectivity index (χ3n) is 3.75. The molecule has 1 fully saturated rings. The number of nitrogens with zero attached hydrogens (tertiary/aromatic N) is 3. The summed E-state index contributed by atoms with van der Waals surface area (Å²) in [6.45, 7) is 2.33. The van der Waals surface area contributed by atoms with E-state index < -0.39 is 5.60 Å². The van der Waals surface area contributed by atoms with Gasteiger partial charge < -0.3 is 14.6 Å². The minimum atomic E-state index is -1.18. The molecule has 1 atom stereocenters. The Bertz CT molecular complexity index is 659. The SMILES string of the molecule is O[C@@]1(COc2cccc(F)c2)COCCN(Cc2cnccn2)C1. The zero-order valence-electron chi connectivity index (χ0n) is 13.3. The third-order valence-corrected chi connectivity index (χ3v) is 3.75. The minimum Gasteiger partial charge on any atom is -0.490 e. The number of aliphatic hydroxyl groups is 1. The molecule has 1 aliphatic heterocycles. The molecule has 0 radical (unpaired) electrons. The van der Waals surface area contributed by atoms with Crippen molar-refractivity contribution in [2.45, 2.75) is 12.1 Å².